The van der Waals surface area contributed by atoms with Crippen LogP contribution in [0.5, 0.6) is 0 Å². The molecule has 0 bridgehead atoms. The second kappa shape index (κ2) is 12.7. The summed E-state index contributed by atoms with van der Waals surface area (Å²) in [6.07, 6.45) is 0. The first-order valence-corrected chi connectivity index (χ1v) is 19.0. The lowest BCUT2D eigenvalue weighted by Gasteiger charge is -2.23. The van der Waals surface area contributed by atoms with E-state index in [1.54, 1.807) is 0 Å². The molecular formula is C49H43P. The average molecular weight is 663 g/mol. The molecule has 50 heavy (non-hydrogen) atoms. The van der Waals surface area contributed by atoms with Gasteiger partial charge in [0.05, 0.1) is 0 Å². The molecule has 1 heteroatoms. The smallest absolute Gasteiger partial charge is 0.0159 e. The highest BCUT2D eigenvalue weighted by Crippen LogP contribution is 2.52. The van der Waals surface area contributed by atoms with Gasteiger partial charge in [-0.1, -0.05) is 191 Å². The van der Waals surface area contributed by atoms with Crippen molar-refractivity contribution >= 4 is 23.8 Å². The molecule has 0 atom stereocenters. The number of benzene rings is 7. The lowest BCUT2D eigenvalue weighted by atomic mass is 9.80. The Morgan fingerprint density at radius 2 is 0.700 bits per heavy atom. The minimum absolute atomic E-state index is 0.0267. The predicted molar refractivity (Wildman–Crippen MR) is 217 cm³/mol. The van der Waals surface area contributed by atoms with E-state index in [0.717, 1.165) is 0 Å². The Bertz CT molecular complexity index is 2220. The first-order valence-electron chi connectivity index (χ1n) is 17.7. The fraction of sp³-hybridized carbons (Fsp3) is 0.143. The van der Waals surface area contributed by atoms with Crippen molar-refractivity contribution in [3.8, 4) is 33.4 Å². The molecule has 2 aliphatic rings. The van der Waals surface area contributed by atoms with Crippen LogP contribution in [0.15, 0.2) is 170 Å². The van der Waals surface area contributed by atoms with Crippen LogP contribution in [0.25, 0.3) is 33.4 Å². The monoisotopic (exact) mass is 662 g/mol. The van der Waals surface area contributed by atoms with E-state index in [2.05, 4.69) is 204 Å². The average Bonchev–Trinajstić information content (AvgIpc) is 3.52. The SMILES string of the molecule is Cc1ccc2c(c1)C(C)(C)c1cc(-c3ccc4c(c3)C(C)(C)c3ccccc3-4)ccc1-2.c1ccc(P(c2ccccc2)c2ccccc2)cc1. The normalized spacial score (nSPS) is 14.2. The summed E-state index contributed by atoms with van der Waals surface area (Å²) in [5.41, 5.74) is 15.3. The van der Waals surface area contributed by atoms with Gasteiger partial charge >= 0.3 is 0 Å². The van der Waals surface area contributed by atoms with Crippen molar-refractivity contribution in [1.29, 1.82) is 0 Å². The Labute approximate surface area is 299 Å². The van der Waals surface area contributed by atoms with Gasteiger partial charge in [0.25, 0.3) is 0 Å². The molecular weight excluding hydrogens is 620 g/mol. The highest BCUT2D eigenvalue weighted by atomic mass is 31.1. The zero-order chi connectivity index (χ0) is 34.5. The molecule has 0 saturated heterocycles. The molecule has 0 unspecified atom stereocenters. The van der Waals surface area contributed by atoms with Gasteiger partial charge in [0, 0.05) is 10.8 Å². The number of fused-ring (bicyclic) bond motifs is 6. The lowest BCUT2D eigenvalue weighted by molar-refractivity contribution is 0.659. The van der Waals surface area contributed by atoms with Gasteiger partial charge in [0.1, 0.15) is 0 Å². The van der Waals surface area contributed by atoms with Gasteiger partial charge in [-0.25, -0.2) is 0 Å². The van der Waals surface area contributed by atoms with Gasteiger partial charge in [-0.15, -0.1) is 0 Å². The summed E-state index contributed by atoms with van der Waals surface area (Å²) in [6.45, 7) is 11.6. The van der Waals surface area contributed by atoms with E-state index in [-0.39, 0.29) is 10.8 Å². The lowest BCUT2D eigenvalue weighted by Crippen LogP contribution is -2.20. The number of hydrogen-bond donors (Lipinski definition) is 0. The summed E-state index contributed by atoms with van der Waals surface area (Å²) < 4.78 is 0. The van der Waals surface area contributed by atoms with Crippen LogP contribution in [0.2, 0.25) is 0 Å². The number of hydrogen-bond acceptors (Lipinski definition) is 0. The molecule has 7 aromatic carbocycles. The van der Waals surface area contributed by atoms with Crippen molar-refractivity contribution in [2.24, 2.45) is 0 Å². The van der Waals surface area contributed by atoms with Crippen molar-refractivity contribution < 1.29 is 0 Å². The molecule has 0 saturated carbocycles. The standard InChI is InChI=1S/C31H28.C18H15P/c1-19-10-13-23-25-15-12-21(18-29(25)31(4,5)27(23)16-19)20-11-14-24-22-8-6-7-9-26(22)30(2,3)28(24)17-20;1-4-10-16(11-5-1)19(17-12-6-2-7-13-17)18-14-8-3-9-15-18/h6-18H,1-5H3;1-15H. The third kappa shape index (κ3) is 5.53. The molecule has 9 rings (SSSR count). The Morgan fingerprint density at radius 3 is 1.18 bits per heavy atom. The van der Waals surface area contributed by atoms with Crippen LogP contribution in [-0.2, 0) is 10.8 Å². The molecule has 7 aromatic rings. The maximum atomic E-state index is 2.43. The van der Waals surface area contributed by atoms with Gasteiger partial charge in [-0.2, -0.15) is 0 Å². The maximum Gasteiger partial charge on any atom is 0.0159 e. The van der Waals surface area contributed by atoms with Gasteiger partial charge in [-0.3, -0.25) is 0 Å². The summed E-state index contributed by atoms with van der Waals surface area (Å²) in [5, 5.41) is 4.19. The summed E-state index contributed by atoms with van der Waals surface area (Å²) in [7, 11) is -0.446. The van der Waals surface area contributed by atoms with Gasteiger partial charge in [0.2, 0.25) is 0 Å². The quantitative estimate of drug-likeness (QED) is 0.165. The van der Waals surface area contributed by atoms with Crippen LogP contribution in [0.3, 0.4) is 0 Å². The molecule has 0 aromatic heterocycles. The Kier molecular flexibility index (Phi) is 8.17. The molecule has 0 radical (unpaired) electrons. The Hall–Kier alpha value is -5.03. The molecule has 0 amide bonds. The van der Waals surface area contributed by atoms with Gasteiger partial charge in [-0.05, 0) is 98.5 Å². The van der Waals surface area contributed by atoms with Crippen molar-refractivity contribution in [3.05, 3.63) is 198 Å². The van der Waals surface area contributed by atoms with Crippen LogP contribution in [-0.4, -0.2) is 0 Å². The molecule has 244 valence electrons. The second-order valence-electron chi connectivity index (χ2n) is 14.7. The van der Waals surface area contributed by atoms with E-state index in [9.17, 15) is 0 Å². The van der Waals surface area contributed by atoms with Gasteiger partial charge in [0.15, 0.2) is 0 Å². The first-order chi connectivity index (χ1) is 24.2. The summed E-state index contributed by atoms with van der Waals surface area (Å²) in [4.78, 5) is 0. The van der Waals surface area contributed by atoms with Crippen LogP contribution in [0, 0.1) is 6.92 Å². The van der Waals surface area contributed by atoms with E-state index < -0.39 is 7.92 Å². The molecule has 0 spiro atoms. The van der Waals surface area contributed by atoms with Crippen molar-refractivity contribution in [2.75, 3.05) is 0 Å². The van der Waals surface area contributed by atoms with Crippen LogP contribution in [0.4, 0.5) is 0 Å². The van der Waals surface area contributed by atoms with Crippen molar-refractivity contribution in [1.82, 2.24) is 0 Å². The van der Waals surface area contributed by atoms with Crippen molar-refractivity contribution in [3.63, 3.8) is 0 Å². The first kappa shape index (κ1) is 32.2. The Morgan fingerprint density at radius 1 is 0.340 bits per heavy atom. The molecule has 0 heterocycles. The maximum absolute atomic E-state index is 2.43. The largest absolute Gasteiger partial charge is 0.0622 e. The molecule has 0 nitrogen and oxygen atoms in total. The number of aryl methyl sites for hydroxylation is 1. The summed E-state index contributed by atoms with van der Waals surface area (Å²) >= 11 is 0. The number of rotatable bonds is 4. The zero-order valence-electron chi connectivity index (χ0n) is 29.6. The van der Waals surface area contributed by atoms with E-state index in [1.807, 2.05) is 0 Å². The fourth-order valence-electron chi connectivity index (χ4n) is 8.09. The minimum atomic E-state index is -0.446. The topological polar surface area (TPSA) is 0 Å². The summed E-state index contributed by atoms with van der Waals surface area (Å²) in [6, 6.07) is 62.2. The third-order valence-corrected chi connectivity index (χ3v) is 13.2. The highest BCUT2D eigenvalue weighted by molar-refractivity contribution is 7.79. The van der Waals surface area contributed by atoms with E-state index in [1.165, 1.54) is 77.1 Å². The molecule has 2 aliphatic carbocycles. The van der Waals surface area contributed by atoms with Crippen LogP contribution < -0.4 is 15.9 Å². The van der Waals surface area contributed by atoms with E-state index in [4.69, 9.17) is 0 Å². The Balaban J connectivity index is 0.000000163. The van der Waals surface area contributed by atoms with E-state index >= 15 is 0 Å². The fourth-order valence-corrected chi connectivity index (χ4v) is 10.4. The van der Waals surface area contributed by atoms with Gasteiger partial charge < -0.3 is 0 Å². The summed E-state index contributed by atoms with van der Waals surface area (Å²) in [5.74, 6) is 0. The second-order valence-corrected chi connectivity index (χ2v) is 16.9. The molecule has 0 N–H and O–H groups in total. The van der Waals surface area contributed by atoms with Crippen LogP contribution in [0.1, 0.15) is 55.5 Å². The molecule has 0 aliphatic heterocycles. The van der Waals surface area contributed by atoms with E-state index in [0.29, 0.717) is 0 Å². The minimum Gasteiger partial charge on any atom is -0.0622 e. The predicted octanol–water partition coefficient (Wildman–Crippen LogP) is 11.7. The zero-order valence-corrected chi connectivity index (χ0v) is 30.5. The van der Waals surface area contributed by atoms with Crippen LogP contribution >= 0.6 is 7.92 Å². The highest BCUT2D eigenvalue weighted by Gasteiger charge is 2.37. The third-order valence-electron chi connectivity index (χ3n) is 10.8. The molecule has 0 fully saturated rings. The van der Waals surface area contributed by atoms with Crippen molar-refractivity contribution in [2.45, 2.75) is 45.4 Å².